The van der Waals surface area contributed by atoms with E-state index in [9.17, 15) is 14.7 Å². The van der Waals surface area contributed by atoms with Crippen molar-refractivity contribution in [2.75, 3.05) is 6.54 Å². The largest absolute Gasteiger partial charge is 0.480 e. The van der Waals surface area contributed by atoms with Crippen LogP contribution < -0.4 is 0 Å². The highest BCUT2D eigenvalue weighted by atomic mass is 35.5. The molecule has 1 amide bonds. The van der Waals surface area contributed by atoms with E-state index in [1.807, 2.05) is 12.1 Å². The maximum absolute atomic E-state index is 12.3. The van der Waals surface area contributed by atoms with Gasteiger partial charge in [-0.1, -0.05) is 17.7 Å². The average molecular weight is 280 g/mol. The summed E-state index contributed by atoms with van der Waals surface area (Å²) in [4.78, 5) is 25.2. The van der Waals surface area contributed by atoms with Gasteiger partial charge in [-0.15, -0.1) is 0 Å². The van der Waals surface area contributed by atoms with Crippen molar-refractivity contribution in [2.24, 2.45) is 5.41 Å². The van der Waals surface area contributed by atoms with Crippen molar-refractivity contribution < 1.29 is 14.7 Å². The van der Waals surface area contributed by atoms with Crippen LogP contribution >= 0.6 is 11.6 Å². The number of hydrogen-bond acceptors (Lipinski definition) is 2. The number of rotatable bonds is 2. The van der Waals surface area contributed by atoms with Gasteiger partial charge in [-0.05, 0) is 42.5 Å². The lowest BCUT2D eigenvalue weighted by Crippen LogP contribution is -2.43. The van der Waals surface area contributed by atoms with Gasteiger partial charge in [0.1, 0.15) is 5.41 Å². The van der Waals surface area contributed by atoms with Crippen LogP contribution in [-0.2, 0) is 22.6 Å². The topological polar surface area (TPSA) is 57.6 Å². The lowest BCUT2D eigenvalue weighted by atomic mass is 9.97. The minimum atomic E-state index is -1.13. The molecular formula is C14H14ClNO3. The normalized spacial score (nSPS) is 19.7. The van der Waals surface area contributed by atoms with E-state index in [4.69, 9.17) is 11.6 Å². The fourth-order valence-electron chi connectivity index (χ4n) is 2.64. The summed E-state index contributed by atoms with van der Waals surface area (Å²) >= 11 is 5.94. The van der Waals surface area contributed by atoms with Crippen molar-refractivity contribution in [1.29, 1.82) is 0 Å². The Kier molecular flexibility index (Phi) is 2.78. The number of carbonyl (C=O) groups excluding carboxylic acids is 1. The quantitative estimate of drug-likeness (QED) is 0.844. The second kappa shape index (κ2) is 4.23. The van der Waals surface area contributed by atoms with Gasteiger partial charge in [0.2, 0.25) is 5.91 Å². The Morgan fingerprint density at radius 1 is 1.26 bits per heavy atom. The van der Waals surface area contributed by atoms with Crippen LogP contribution in [0.4, 0.5) is 0 Å². The highest BCUT2D eigenvalue weighted by molar-refractivity contribution is 6.30. The molecule has 0 unspecified atom stereocenters. The van der Waals surface area contributed by atoms with Crippen molar-refractivity contribution in [1.82, 2.24) is 4.90 Å². The minimum absolute atomic E-state index is 0.236. The Morgan fingerprint density at radius 2 is 2.00 bits per heavy atom. The molecule has 5 heteroatoms. The van der Waals surface area contributed by atoms with E-state index >= 15 is 0 Å². The molecule has 1 aromatic carbocycles. The number of hydrogen-bond donors (Lipinski definition) is 1. The van der Waals surface area contributed by atoms with Gasteiger partial charge < -0.3 is 10.0 Å². The zero-order valence-electron chi connectivity index (χ0n) is 10.4. The summed E-state index contributed by atoms with van der Waals surface area (Å²) in [6.07, 6.45) is 1.66. The molecular weight excluding hydrogens is 266 g/mol. The summed E-state index contributed by atoms with van der Waals surface area (Å²) in [5, 5.41) is 9.87. The monoisotopic (exact) mass is 279 g/mol. The molecule has 1 aliphatic heterocycles. The molecule has 2 aliphatic rings. The number of fused-ring (bicyclic) bond motifs is 1. The van der Waals surface area contributed by atoms with Crippen LogP contribution in [-0.4, -0.2) is 28.4 Å². The van der Waals surface area contributed by atoms with Crippen molar-refractivity contribution in [3.63, 3.8) is 0 Å². The smallest absolute Gasteiger partial charge is 0.319 e. The molecule has 19 heavy (non-hydrogen) atoms. The molecule has 0 atom stereocenters. The van der Waals surface area contributed by atoms with Crippen molar-refractivity contribution in [3.8, 4) is 0 Å². The Balaban J connectivity index is 1.81. The number of nitrogens with zero attached hydrogens (tertiary/aromatic N) is 1. The number of aliphatic carboxylic acids is 1. The lowest BCUT2D eigenvalue weighted by molar-refractivity contribution is -0.153. The molecule has 1 aliphatic carbocycles. The third kappa shape index (κ3) is 2.00. The number of carbonyl (C=O) groups is 2. The number of benzene rings is 1. The van der Waals surface area contributed by atoms with E-state index in [1.54, 1.807) is 11.0 Å². The van der Waals surface area contributed by atoms with Gasteiger partial charge in [0, 0.05) is 18.1 Å². The summed E-state index contributed by atoms with van der Waals surface area (Å²) in [5.74, 6) is -1.22. The van der Waals surface area contributed by atoms with Gasteiger partial charge in [-0.2, -0.15) is 0 Å². The SMILES string of the molecule is O=C(O)C1(C(=O)N2CCc3cc(Cl)ccc3C2)CC1. The summed E-state index contributed by atoms with van der Waals surface area (Å²) in [5.41, 5.74) is 1.08. The molecule has 3 rings (SSSR count). The van der Waals surface area contributed by atoms with Crippen LogP contribution in [0.2, 0.25) is 5.02 Å². The number of amides is 1. The third-order valence-electron chi connectivity index (χ3n) is 4.04. The lowest BCUT2D eigenvalue weighted by Gasteiger charge is -2.31. The first-order chi connectivity index (χ1) is 9.03. The Morgan fingerprint density at radius 3 is 2.63 bits per heavy atom. The van der Waals surface area contributed by atoms with Gasteiger partial charge in [0.15, 0.2) is 0 Å². The molecule has 1 aromatic rings. The van der Waals surface area contributed by atoms with Crippen LogP contribution in [0.25, 0.3) is 0 Å². The van der Waals surface area contributed by atoms with Crippen molar-refractivity contribution >= 4 is 23.5 Å². The summed E-state index contributed by atoms with van der Waals surface area (Å²) in [7, 11) is 0. The van der Waals surface area contributed by atoms with E-state index in [1.165, 1.54) is 0 Å². The van der Waals surface area contributed by atoms with E-state index < -0.39 is 11.4 Å². The first-order valence-electron chi connectivity index (χ1n) is 6.33. The molecule has 1 saturated carbocycles. The Bertz CT molecular complexity index is 566. The van der Waals surface area contributed by atoms with Crippen LogP contribution in [0.1, 0.15) is 24.0 Å². The number of carboxylic acid groups (broad SMARTS) is 1. The molecule has 1 fully saturated rings. The number of halogens is 1. The van der Waals surface area contributed by atoms with Gasteiger partial charge in [0.05, 0.1) is 0 Å². The second-order valence-corrected chi connectivity index (χ2v) is 5.71. The predicted molar refractivity (Wildman–Crippen MR) is 69.9 cm³/mol. The van der Waals surface area contributed by atoms with Gasteiger partial charge in [-0.25, -0.2) is 0 Å². The summed E-state index contributed by atoms with van der Waals surface area (Å²) in [6, 6.07) is 5.64. The minimum Gasteiger partial charge on any atom is -0.480 e. The van der Waals surface area contributed by atoms with Crippen LogP contribution in [0, 0.1) is 5.41 Å². The first kappa shape index (κ1) is 12.5. The molecule has 0 spiro atoms. The predicted octanol–water partition coefficient (Wildman–Crippen LogP) is 2.09. The average Bonchev–Trinajstić information content (AvgIpc) is 3.18. The summed E-state index contributed by atoms with van der Waals surface area (Å²) in [6.45, 7) is 1.06. The highest BCUT2D eigenvalue weighted by Crippen LogP contribution is 2.48. The second-order valence-electron chi connectivity index (χ2n) is 5.28. The van der Waals surface area contributed by atoms with Crippen molar-refractivity contribution in [3.05, 3.63) is 34.3 Å². The van der Waals surface area contributed by atoms with E-state index in [2.05, 4.69) is 0 Å². The molecule has 0 bridgehead atoms. The third-order valence-corrected chi connectivity index (χ3v) is 4.27. The van der Waals surface area contributed by atoms with Gasteiger partial charge >= 0.3 is 5.97 Å². The first-order valence-corrected chi connectivity index (χ1v) is 6.71. The van der Waals surface area contributed by atoms with Gasteiger partial charge in [0.25, 0.3) is 0 Å². The molecule has 4 nitrogen and oxygen atoms in total. The molecule has 1 heterocycles. The molecule has 100 valence electrons. The van der Waals surface area contributed by atoms with E-state index in [0.717, 1.165) is 17.5 Å². The fourth-order valence-corrected chi connectivity index (χ4v) is 2.84. The maximum Gasteiger partial charge on any atom is 0.319 e. The Labute approximate surface area is 116 Å². The fraction of sp³-hybridized carbons (Fsp3) is 0.429. The summed E-state index contributed by atoms with van der Waals surface area (Å²) < 4.78 is 0. The zero-order chi connectivity index (χ0) is 13.6. The zero-order valence-corrected chi connectivity index (χ0v) is 11.1. The molecule has 0 aromatic heterocycles. The molecule has 0 radical (unpaired) electrons. The maximum atomic E-state index is 12.3. The van der Waals surface area contributed by atoms with Crippen LogP contribution in [0.3, 0.4) is 0 Å². The Hall–Kier alpha value is -1.55. The molecule has 0 saturated heterocycles. The highest BCUT2D eigenvalue weighted by Gasteiger charge is 2.58. The van der Waals surface area contributed by atoms with Gasteiger partial charge in [-0.3, -0.25) is 9.59 Å². The standard InChI is InChI=1S/C14H14ClNO3/c15-11-2-1-10-8-16(6-3-9(10)7-11)12(17)14(4-5-14)13(18)19/h1-2,7H,3-6,8H2,(H,18,19). The van der Waals surface area contributed by atoms with E-state index in [0.29, 0.717) is 31.0 Å². The van der Waals surface area contributed by atoms with E-state index in [-0.39, 0.29) is 5.91 Å². The number of carboxylic acids is 1. The van der Waals surface area contributed by atoms with Crippen LogP contribution in [0.5, 0.6) is 0 Å². The van der Waals surface area contributed by atoms with Crippen molar-refractivity contribution in [2.45, 2.75) is 25.8 Å². The molecule has 1 N–H and O–H groups in total. The van der Waals surface area contributed by atoms with Crippen LogP contribution in [0.15, 0.2) is 18.2 Å².